The van der Waals surface area contributed by atoms with E-state index < -0.39 is 5.97 Å². The lowest BCUT2D eigenvalue weighted by Gasteiger charge is -2.25. The van der Waals surface area contributed by atoms with Crippen LogP contribution in [0.4, 0.5) is 5.82 Å². The molecule has 1 fully saturated rings. The molecule has 0 aliphatic heterocycles. The minimum absolute atomic E-state index is 0.00420. The molecule has 0 amide bonds. The minimum Gasteiger partial charge on any atom is -0.478 e. The molecule has 5 heteroatoms. The molecule has 18 heavy (non-hydrogen) atoms. The molecular weight excluding hydrogens is 232 g/mol. The molecular formula is C13H18N2O3. The third-order valence-corrected chi connectivity index (χ3v) is 3.14. The van der Waals surface area contributed by atoms with Crippen LogP contribution < -0.4 is 4.90 Å². The first-order valence-corrected chi connectivity index (χ1v) is 6.13. The Hall–Kier alpha value is -1.62. The van der Waals surface area contributed by atoms with Crippen molar-refractivity contribution in [2.24, 2.45) is 0 Å². The quantitative estimate of drug-likeness (QED) is 0.825. The molecule has 2 rings (SSSR count). The third-order valence-electron chi connectivity index (χ3n) is 3.14. The smallest absolute Gasteiger partial charge is 0.339 e. The molecule has 1 aliphatic rings. The van der Waals surface area contributed by atoms with E-state index in [0.29, 0.717) is 24.0 Å². The Balaban J connectivity index is 2.48. The topological polar surface area (TPSA) is 73.7 Å². The fraction of sp³-hybridized carbons (Fsp3) is 0.538. The predicted octanol–water partition coefficient (Wildman–Crippen LogP) is 1.36. The second-order valence-electron chi connectivity index (χ2n) is 4.73. The number of aliphatic hydroxyl groups is 1. The summed E-state index contributed by atoms with van der Waals surface area (Å²) in [5, 5.41) is 18.5. The maximum Gasteiger partial charge on any atom is 0.339 e. The first kappa shape index (κ1) is 12.8. The van der Waals surface area contributed by atoms with Gasteiger partial charge in [0, 0.05) is 18.3 Å². The number of carboxylic acids is 1. The SMILES string of the molecule is Cc1cc(C)c(C(=O)O)c(N(CCO)C2CC2)n1. The molecule has 1 heterocycles. The maximum atomic E-state index is 11.4. The second kappa shape index (κ2) is 4.94. The molecule has 0 aromatic carbocycles. The van der Waals surface area contributed by atoms with E-state index in [2.05, 4.69) is 4.98 Å². The standard InChI is InChI=1S/C13H18N2O3/c1-8-7-9(2)14-12(11(8)13(17)18)15(5-6-16)10-3-4-10/h7,10,16H,3-6H2,1-2H3,(H,17,18). The van der Waals surface area contributed by atoms with Gasteiger partial charge >= 0.3 is 5.97 Å². The number of carboxylic acid groups (broad SMARTS) is 1. The van der Waals surface area contributed by atoms with E-state index >= 15 is 0 Å². The van der Waals surface area contributed by atoms with Crippen molar-refractivity contribution in [2.75, 3.05) is 18.1 Å². The highest BCUT2D eigenvalue weighted by Crippen LogP contribution is 2.33. The van der Waals surface area contributed by atoms with Crippen molar-refractivity contribution < 1.29 is 15.0 Å². The van der Waals surface area contributed by atoms with Crippen molar-refractivity contribution in [2.45, 2.75) is 32.7 Å². The van der Waals surface area contributed by atoms with Crippen LogP contribution in [-0.2, 0) is 0 Å². The summed E-state index contributed by atoms with van der Waals surface area (Å²) >= 11 is 0. The van der Waals surface area contributed by atoms with Gasteiger partial charge in [-0.2, -0.15) is 0 Å². The Morgan fingerprint density at radius 3 is 2.67 bits per heavy atom. The summed E-state index contributed by atoms with van der Waals surface area (Å²) in [6.07, 6.45) is 2.07. The maximum absolute atomic E-state index is 11.4. The Morgan fingerprint density at radius 2 is 2.17 bits per heavy atom. The number of hydrogen-bond acceptors (Lipinski definition) is 4. The second-order valence-corrected chi connectivity index (χ2v) is 4.73. The summed E-state index contributed by atoms with van der Waals surface area (Å²) in [4.78, 5) is 17.7. The van der Waals surface area contributed by atoms with Crippen LogP contribution in [0.3, 0.4) is 0 Å². The van der Waals surface area contributed by atoms with Crippen molar-refractivity contribution in [1.29, 1.82) is 0 Å². The Morgan fingerprint density at radius 1 is 1.50 bits per heavy atom. The van der Waals surface area contributed by atoms with Crippen LogP contribution in [0.5, 0.6) is 0 Å². The third kappa shape index (κ3) is 2.46. The highest BCUT2D eigenvalue weighted by molar-refractivity contribution is 5.95. The number of aromatic nitrogens is 1. The highest BCUT2D eigenvalue weighted by atomic mass is 16.4. The van der Waals surface area contributed by atoms with Gasteiger partial charge in [0.2, 0.25) is 0 Å². The fourth-order valence-corrected chi connectivity index (χ4v) is 2.24. The molecule has 98 valence electrons. The number of rotatable bonds is 5. The van der Waals surface area contributed by atoms with Gasteiger partial charge < -0.3 is 15.1 Å². The normalized spacial score (nSPS) is 14.6. The molecule has 1 aromatic rings. The molecule has 0 radical (unpaired) electrons. The van der Waals surface area contributed by atoms with Gasteiger partial charge in [0.1, 0.15) is 11.4 Å². The van der Waals surface area contributed by atoms with Crippen LogP contribution in [0, 0.1) is 13.8 Å². The number of hydrogen-bond donors (Lipinski definition) is 2. The zero-order valence-electron chi connectivity index (χ0n) is 10.7. The molecule has 0 atom stereocenters. The van der Waals surface area contributed by atoms with Crippen LogP contribution in [0.1, 0.15) is 34.5 Å². The largest absolute Gasteiger partial charge is 0.478 e. The molecule has 1 saturated carbocycles. The van der Waals surface area contributed by atoms with Crippen molar-refractivity contribution in [3.8, 4) is 0 Å². The van der Waals surface area contributed by atoms with Gasteiger partial charge in [-0.1, -0.05) is 0 Å². The van der Waals surface area contributed by atoms with Crippen LogP contribution in [0.15, 0.2) is 6.07 Å². The van der Waals surface area contributed by atoms with Crippen molar-refractivity contribution >= 4 is 11.8 Å². The number of aryl methyl sites for hydroxylation is 2. The lowest BCUT2D eigenvalue weighted by molar-refractivity contribution is 0.0696. The number of anilines is 1. The van der Waals surface area contributed by atoms with E-state index in [4.69, 9.17) is 5.11 Å². The summed E-state index contributed by atoms with van der Waals surface area (Å²) in [5.41, 5.74) is 1.77. The average molecular weight is 250 g/mol. The van der Waals surface area contributed by atoms with Crippen molar-refractivity contribution in [1.82, 2.24) is 4.98 Å². The number of pyridine rings is 1. The predicted molar refractivity (Wildman–Crippen MR) is 68.1 cm³/mol. The molecule has 2 N–H and O–H groups in total. The summed E-state index contributed by atoms with van der Waals surface area (Å²) in [6.45, 7) is 4.07. The lowest BCUT2D eigenvalue weighted by atomic mass is 10.1. The summed E-state index contributed by atoms with van der Waals surface area (Å²) in [7, 11) is 0. The van der Waals surface area contributed by atoms with E-state index in [9.17, 15) is 9.90 Å². The van der Waals surface area contributed by atoms with Crippen LogP contribution in [-0.4, -0.2) is 40.4 Å². The lowest BCUT2D eigenvalue weighted by Crippen LogP contribution is -2.32. The highest BCUT2D eigenvalue weighted by Gasteiger charge is 2.32. The van der Waals surface area contributed by atoms with Gasteiger partial charge in [-0.05, 0) is 38.3 Å². The van der Waals surface area contributed by atoms with E-state index in [1.165, 1.54) is 0 Å². The van der Waals surface area contributed by atoms with E-state index in [0.717, 1.165) is 18.5 Å². The number of carbonyl (C=O) groups is 1. The molecule has 1 aromatic heterocycles. The van der Waals surface area contributed by atoms with Crippen molar-refractivity contribution in [3.63, 3.8) is 0 Å². The summed E-state index contributed by atoms with van der Waals surface area (Å²) in [5.74, 6) is -0.463. The van der Waals surface area contributed by atoms with Gasteiger partial charge in [-0.3, -0.25) is 0 Å². The average Bonchev–Trinajstić information content (AvgIpc) is 3.07. The fourth-order valence-electron chi connectivity index (χ4n) is 2.24. The van der Waals surface area contributed by atoms with Gasteiger partial charge in [-0.15, -0.1) is 0 Å². The first-order chi connectivity index (χ1) is 8.54. The summed E-state index contributed by atoms with van der Waals surface area (Å²) in [6, 6.07) is 2.10. The van der Waals surface area contributed by atoms with Crippen LogP contribution in [0.2, 0.25) is 0 Å². The Labute approximate surface area is 106 Å². The van der Waals surface area contributed by atoms with Crippen LogP contribution in [0.25, 0.3) is 0 Å². The van der Waals surface area contributed by atoms with Gasteiger partial charge in [0.25, 0.3) is 0 Å². The molecule has 0 unspecified atom stereocenters. The number of aromatic carboxylic acids is 1. The van der Waals surface area contributed by atoms with Crippen molar-refractivity contribution in [3.05, 3.63) is 22.9 Å². The molecule has 0 bridgehead atoms. The molecule has 0 saturated heterocycles. The zero-order valence-corrected chi connectivity index (χ0v) is 10.7. The van der Waals surface area contributed by atoms with E-state index in [1.54, 1.807) is 13.0 Å². The monoisotopic (exact) mass is 250 g/mol. The van der Waals surface area contributed by atoms with Crippen LogP contribution >= 0.6 is 0 Å². The number of aliphatic hydroxyl groups excluding tert-OH is 1. The minimum atomic E-state index is -0.960. The molecule has 5 nitrogen and oxygen atoms in total. The van der Waals surface area contributed by atoms with Gasteiger partial charge in [0.15, 0.2) is 0 Å². The Bertz CT molecular complexity index is 470. The van der Waals surface area contributed by atoms with E-state index in [1.807, 2.05) is 11.8 Å². The van der Waals surface area contributed by atoms with Gasteiger partial charge in [-0.25, -0.2) is 9.78 Å². The van der Waals surface area contributed by atoms with Gasteiger partial charge in [0.05, 0.1) is 6.61 Å². The van der Waals surface area contributed by atoms with E-state index in [-0.39, 0.29) is 12.2 Å². The first-order valence-electron chi connectivity index (χ1n) is 6.13. The summed E-state index contributed by atoms with van der Waals surface area (Å²) < 4.78 is 0. The zero-order chi connectivity index (χ0) is 13.3. The number of nitrogens with zero attached hydrogens (tertiary/aromatic N) is 2. The molecule has 0 spiro atoms. The Kier molecular flexibility index (Phi) is 3.52. The molecule has 1 aliphatic carbocycles.